The molecular weight excluding hydrogens is 226 g/mol. The Morgan fingerprint density at radius 2 is 2.31 bits per heavy atom. The van der Waals surface area contributed by atoms with Gasteiger partial charge < -0.3 is 16.8 Å². The van der Waals surface area contributed by atoms with Gasteiger partial charge in [-0.2, -0.15) is 0 Å². The summed E-state index contributed by atoms with van der Waals surface area (Å²) in [5, 5.41) is 2.93. The van der Waals surface area contributed by atoms with Crippen LogP contribution in [0.15, 0.2) is 12.3 Å². The summed E-state index contributed by atoms with van der Waals surface area (Å²) >= 11 is 4.79. The van der Waals surface area contributed by atoms with E-state index in [1.165, 1.54) is 0 Å². The van der Waals surface area contributed by atoms with Crippen LogP contribution >= 0.6 is 12.2 Å². The lowest BCUT2D eigenvalue weighted by Crippen LogP contribution is -2.25. The quantitative estimate of drug-likeness (QED) is 0.614. The third kappa shape index (κ3) is 3.77. The molecule has 1 unspecified atom stereocenters. The zero-order valence-corrected chi connectivity index (χ0v) is 9.62. The fourth-order valence-electron chi connectivity index (χ4n) is 1.14. The number of aromatic nitrogens is 2. The van der Waals surface area contributed by atoms with Crippen molar-refractivity contribution in [2.45, 2.75) is 19.4 Å². The van der Waals surface area contributed by atoms with Crippen molar-refractivity contribution in [1.29, 1.82) is 0 Å². The smallest absolute Gasteiger partial charge is 0.223 e. The number of anilines is 1. The van der Waals surface area contributed by atoms with E-state index in [1.54, 1.807) is 12.3 Å². The van der Waals surface area contributed by atoms with Gasteiger partial charge in [0.25, 0.3) is 0 Å². The molecule has 0 aromatic carbocycles. The number of hydrogen-bond donors (Lipinski definition) is 3. The molecule has 1 atom stereocenters. The molecule has 1 amide bonds. The topological polar surface area (TPSA) is 107 Å². The van der Waals surface area contributed by atoms with Crippen LogP contribution in [0.1, 0.15) is 19.0 Å². The molecule has 1 heterocycles. The molecule has 0 aliphatic heterocycles. The minimum Gasteiger partial charge on any atom is -0.388 e. The van der Waals surface area contributed by atoms with Crippen molar-refractivity contribution in [1.82, 2.24) is 9.97 Å². The summed E-state index contributed by atoms with van der Waals surface area (Å²) in [5.41, 5.74) is 11.0. The number of rotatable bonds is 5. The van der Waals surface area contributed by atoms with E-state index in [9.17, 15) is 4.79 Å². The Hall–Kier alpha value is -1.76. The van der Waals surface area contributed by atoms with E-state index in [1.807, 2.05) is 6.92 Å². The van der Waals surface area contributed by atoms with E-state index in [2.05, 4.69) is 15.3 Å². The van der Waals surface area contributed by atoms with Crippen LogP contribution in [0.5, 0.6) is 0 Å². The molecule has 16 heavy (non-hydrogen) atoms. The molecule has 0 fully saturated rings. The lowest BCUT2D eigenvalue weighted by Gasteiger charge is -2.11. The molecule has 7 heteroatoms. The molecule has 0 spiro atoms. The Balaban J connectivity index is 2.70. The Morgan fingerprint density at radius 1 is 1.62 bits per heavy atom. The molecule has 0 saturated carbocycles. The Morgan fingerprint density at radius 3 is 2.88 bits per heavy atom. The van der Waals surface area contributed by atoms with Crippen LogP contribution in [-0.2, 0) is 4.79 Å². The minimum absolute atomic E-state index is 0.140. The highest BCUT2D eigenvalue weighted by Crippen LogP contribution is 2.04. The normalized spacial score (nSPS) is 11.8. The maximum Gasteiger partial charge on any atom is 0.223 e. The highest BCUT2D eigenvalue weighted by atomic mass is 32.1. The van der Waals surface area contributed by atoms with E-state index in [0.29, 0.717) is 11.6 Å². The first kappa shape index (κ1) is 12.3. The summed E-state index contributed by atoms with van der Waals surface area (Å²) in [4.78, 5) is 18.9. The second-order valence-corrected chi connectivity index (χ2v) is 3.79. The molecule has 0 radical (unpaired) electrons. The number of nitrogens with one attached hydrogen (secondary N) is 1. The number of nitrogens with zero attached hydrogens (tertiary/aromatic N) is 2. The Labute approximate surface area is 98.4 Å². The second-order valence-electron chi connectivity index (χ2n) is 3.35. The second kappa shape index (κ2) is 5.36. The van der Waals surface area contributed by atoms with Gasteiger partial charge in [-0.3, -0.25) is 4.79 Å². The van der Waals surface area contributed by atoms with Gasteiger partial charge in [0, 0.05) is 18.7 Å². The molecule has 1 rings (SSSR count). The van der Waals surface area contributed by atoms with Crippen LogP contribution in [0.4, 0.5) is 5.95 Å². The van der Waals surface area contributed by atoms with Crippen molar-refractivity contribution in [2.24, 2.45) is 11.5 Å². The SMILES string of the molecule is CC(CC(N)=O)Nc1nccc(C(N)=S)n1. The average molecular weight is 239 g/mol. The van der Waals surface area contributed by atoms with Crippen molar-refractivity contribution in [3.8, 4) is 0 Å². The predicted octanol–water partition coefficient (Wildman–Crippen LogP) is -0.213. The molecule has 0 saturated heterocycles. The van der Waals surface area contributed by atoms with Crippen molar-refractivity contribution >= 4 is 29.1 Å². The highest BCUT2D eigenvalue weighted by molar-refractivity contribution is 7.80. The number of amides is 1. The predicted molar refractivity (Wildman–Crippen MR) is 64.8 cm³/mol. The first-order chi connectivity index (χ1) is 7.49. The number of thiocarbonyl (C=S) groups is 1. The first-order valence-corrected chi connectivity index (χ1v) is 5.07. The summed E-state index contributed by atoms with van der Waals surface area (Å²) in [7, 11) is 0. The van der Waals surface area contributed by atoms with E-state index in [0.717, 1.165) is 0 Å². The highest BCUT2D eigenvalue weighted by Gasteiger charge is 2.08. The van der Waals surface area contributed by atoms with E-state index >= 15 is 0 Å². The molecule has 5 N–H and O–H groups in total. The van der Waals surface area contributed by atoms with Gasteiger partial charge in [-0.05, 0) is 13.0 Å². The Bertz CT molecular complexity index is 409. The lowest BCUT2D eigenvalue weighted by atomic mass is 10.2. The fourth-order valence-corrected chi connectivity index (χ4v) is 1.25. The largest absolute Gasteiger partial charge is 0.388 e. The number of hydrogen-bond acceptors (Lipinski definition) is 5. The maximum atomic E-state index is 10.7. The van der Waals surface area contributed by atoms with Crippen LogP contribution < -0.4 is 16.8 Å². The molecule has 1 aromatic heterocycles. The van der Waals surface area contributed by atoms with Crippen LogP contribution in [0.2, 0.25) is 0 Å². The summed E-state index contributed by atoms with van der Waals surface area (Å²) in [5.74, 6) is -0.00968. The lowest BCUT2D eigenvalue weighted by molar-refractivity contribution is -0.118. The average Bonchev–Trinajstić information content (AvgIpc) is 2.16. The number of nitrogens with two attached hydrogens (primary N) is 2. The van der Waals surface area contributed by atoms with Crippen molar-refractivity contribution in [2.75, 3.05) is 5.32 Å². The number of primary amides is 1. The summed E-state index contributed by atoms with van der Waals surface area (Å²) in [6, 6.07) is 1.48. The van der Waals surface area contributed by atoms with Crippen molar-refractivity contribution in [3.05, 3.63) is 18.0 Å². The maximum absolute atomic E-state index is 10.7. The van der Waals surface area contributed by atoms with Gasteiger partial charge in [-0.1, -0.05) is 12.2 Å². The Kier molecular flexibility index (Phi) is 4.12. The number of carbonyl (C=O) groups is 1. The summed E-state index contributed by atoms with van der Waals surface area (Å²) in [6.07, 6.45) is 1.75. The standard InChI is InChI=1S/C9H13N5OS/c1-5(4-7(10)15)13-9-12-3-2-6(14-9)8(11)16/h2-3,5H,4H2,1H3,(H2,10,15)(H2,11,16)(H,12,13,14). The minimum atomic E-state index is -0.384. The van der Waals surface area contributed by atoms with E-state index < -0.39 is 0 Å². The third-order valence-corrected chi connectivity index (χ3v) is 2.00. The van der Waals surface area contributed by atoms with Crippen LogP contribution in [-0.4, -0.2) is 26.9 Å². The fraction of sp³-hybridized carbons (Fsp3) is 0.333. The number of carbonyl (C=O) groups excluding carboxylic acids is 1. The first-order valence-electron chi connectivity index (χ1n) is 4.66. The van der Waals surface area contributed by atoms with Crippen LogP contribution in [0.25, 0.3) is 0 Å². The molecule has 0 bridgehead atoms. The van der Waals surface area contributed by atoms with Crippen LogP contribution in [0.3, 0.4) is 0 Å². The van der Waals surface area contributed by atoms with Gasteiger partial charge in [0.05, 0.1) is 0 Å². The van der Waals surface area contributed by atoms with Gasteiger partial charge >= 0.3 is 0 Å². The molecule has 1 aromatic rings. The van der Waals surface area contributed by atoms with Gasteiger partial charge in [0.15, 0.2) is 0 Å². The molecule has 0 aliphatic carbocycles. The van der Waals surface area contributed by atoms with Gasteiger partial charge in [0.2, 0.25) is 11.9 Å². The molecule has 86 valence electrons. The van der Waals surface area contributed by atoms with Gasteiger partial charge in [-0.25, -0.2) is 9.97 Å². The molecule has 6 nitrogen and oxygen atoms in total. The monoisotopic (exact) mass is 239 g/mol. The molecular formula is C9H13N5OS. The van der Waals surface area contributed by atoms with E-state index in [-0.39, 0.29) is 23.4 Å². The summed E-state index contributed by atoms with van der Waals surface area (Å²) in [6.45, 7) is 1.81. The van der Waals surface area contributed by atoms with Gasteiger partial charge in [-0.15, -0.1) is 0 Å². The third-order valence-electron chi connectivity index (χ3n) is 1.79. The van der Waals surface area contributed by atoms with Gasteiger partial charge in [0.1, 0.15) is 10.7 Å². The van der Waals surface area contributed by atoms with Crippen molar-refractivity contribution < 1.29 is 4.79 Å². The molecule has 0 aliphatic rings. The zero-order valence-electron chi connectivity index (χ0n) is 8.80. The van der Waals surface area contributed by atoms with Crippen LogP contribution in [0, 0.1) is 0 Å². The summed E-state index contributed by atoms with van der Waals surface area (Å²) < 4.78 is 0. The van der Waals surface area contributed by atoms with Crippen molar-refractivity contribution in [3.63, 3.8) is 0 Å². The van der Waals surface area contributed by atoms with E-state index in [4.69, 9.17) is 23.7 Å². The zero-order chi connectivity index (χ0) is 12.1.